The van der Waals surface area contributed by atoms with Gasteiger partial charge in [0.1, 0.15) is 19.8 Å². The minimum absolute atomic E-state index is 0.106. The summed E-state index contributed by atoms with van der Waals surface area (Å²) in [5, 5.41) is 28.3. The number of aromatic nitrogens is 8. The van der Waals surface area contributed by atoms with Crippen LogP contribution in [0.5, 0.6) is 5.75 Å². The van der Waals surface area contributed by atoms with Crippen LogP contribution in [0.1, 0.15) is 0 Å². The SMILES string of the molecule is Clc1ccc2ncc(-c3ccc4[nH]ccc4c3)n2n1.Clc1ccc2ncc(I)n2n1.O[B]Oc1ccc2[nH]ccc2c1.[Cl][Pd][Cl].c1ccc(P(c2ccccc2)c2ccccc2)cc1.c1ccc(P(c2ccccc2)c2ccccc2)cc1. The molecule has 0 fully saturated rings. The number of imidazole rings is 2. The molecule has 0 atom stereocenters. The molecule has 0 aliphatic rings. The van der Waals surface area contributed by atoms with Crippen molar-refractivity contribution in [1.29, 1.82) is 0 Å². The third kappa shape index (κ3) is 17.0. The zero-order valence-corrected chi connectivity index (χ0v) is 52.3. The van der Waals surface area contributed by atoms with Crippen LogP contribution in [0.25, 0.3) is 44.4 Å². The van der Waals surface area contributed by atoms with Crippen LogP contribution in [0.15, 0.2) is 280 Å². The first-order chi connectivity index (χ1) is 40.8. The number of H-pyrrole nitrogens is 2. The first-order valence-electron chi connectivity index (χ1n) is 25.5. The number of halogens is 5. The molecule has 14 aromatic rings. The summed E-state index contributed by atoms with van der Waals surface area (Å²) in [5.74, 6) is 0.629. The second kappa shape index (κ2) is 31.8. The summed E-state index contributed by atoms with van der Waals surface area (Å²) in [4.78, 5) is 14.7. The van der Waals surface area contributed by atoms with Gasteiger partial charge in [0.2, 0.25) is 0 Å². The number of benzene rings is 8. The standard InChI is InChI=1S/2C18H15P.C14H9ClN4.C8H7BNO2.C6H3ClIN3.2ClH.Pd/c2*1-4-10-16(11-5-1)19(17-12-6-2-7-13-17)18-14-8-3-9-15-18;15-13-3-4-14-17-8-12(19(14)18-13)10-1-2-11-9(7-10)5-6-16-11;11-9-12-7-1-2-8-6(5-7)3-4-10-8;7-4-1-2-6-9-3-5(8)11(6)10-4;;;/h2*1-15H;1-8,16H;1-5,10-11H;1-3H;2*1H;/q;;;;;;;+2/p-2. The summed E-state index contributed by atoms with van der Waals surface area (Å²) in [6, 6.07) is 87.5. The summed E-state index contributed by atoms with van der Waals surface area (Å²) < 4.78 is 9.22. The summed E-state index contributed by atoms with van der Waals surface area (Å²) >= 11 is 13.7. The summed E-state index contributed by atoms with van der Waals surface area (Å²) in [6.45, 7) is 0. The summed E-state index contributed by atoms with van der Waals surface area (Å²) in [7, 11) is 9.41. The number of nitrogens with zero attached hydrogens (tertiary/aromatic N) is 6. The van der Waals surface area contributed by atoms with Gasteiger partial charge in [-0.15, -0.1) is 0 Å². The first kappa shape index (κ1) is 60.9. The molecule has 0 saturated heterocycles. The van der Waals surface area contributed by atoms with Crippen molar-refractivity contribution in [1.82, 2.24) is 39.2 Å². The van der Waals surface area contributed by atoms with Crippen LogP contribution in [0.2, 0.25) is 10.3 Å². The minimum Gasteiger partial charge on any atom is -0.0622 e. The molecule has 10 nitrogen and oxygen atoms in total. The van der Waals surface area contributed by atoms with Gasteiger partial charge >= 0.3 is 42.7 Å². The molecule has 0 bridgehead atoms. The largest absolute Gasteiger partial charge is 0.0622 e. The van der Waals surface area contributed by atoms with Crippen LogP contribution in [0, 0.1) is 3.70 Å². The quantitative estimate of drug-likeness (QED) is 0.0752. The fourth-order valence-corrected chi connectivity index (χ4v) is 14.0. The Balaban J connectivity index is 0.000000125. The van der Waals surface area contributed by atoms with E-state index in [1.807, 2.05) is 61.1 Å². The summed E-state index contributed by atoms with van der Waals surface area (Å²) in [5.41, 5.74) is 5.77. The van der Waals surface area contributed by atoms with E-state index in [1.165, 1.54) is 31.8 Å². The van der Waals surface area contributed by atoms with Crippen LogP contribution in [-0.2, 0) is 15.9 Å². The van der Waals surface area contributed by atoms with Crippen LogP contribution >= 0.6 is 80.7 Å². The molecule has 0 saturated carbocycles. The van der Waals surface area contributed by atoms with Gasteiger partial charge in [-0.25, -0.2) is 19.0 Å². The molecular formula is C64H49BCl4IN8O2P2Pd. The van der Waals surface area contributed by atoms with E-state index in [0.717, 1.165) is 48.1 Å². The third-order valence-corrected chi connectivity index (χ3v) is 18.3. The van der Waals surface area contributed by atoms with Crippen molar-refractivity contribution in [3.05, 3.63) is 294 Å². The molecule has 19 heteroatoms. The molecule has 6 aromatic heterocycles. The Labute approximate surface area is 523 Å². The fourth-order valence-electron chi connectivity index (χ4n) is 8.61. The van der Waals surface area contributed by atoms with Crippen molar-refractivity contribution >= 4 is 153 Å². The Kier molecular flexibility index (Phi) is 23.4. The van der Waals surface area contributed by atoms with Gasteiger partial charge in [0.15, 0.2) is 11.3 Å². The van der Waals surface area contributed by atoms with E-state index < -0.39 is 15.8 Å². The number of aromatic amines is 2. The second-order valence-corrected chi connectivity index (χ2v) is 26.2. The van der Waals surface area contributed by atoms with Crippen molar-refractivity contribution in [2.75, 3.05) is 0 Å². The number of hydrogen-bond donors (Lipinski definition) is 3. The molecule has 6 heterocycles. The van der Waals surface area contributed by atoms with Crippen molar-refractivity contribution in [3.8, 4) is 17.0 Å². The average Bonchev–Trinajstić information content (AvgIpc) is 4.60. The van der Waals surface area contributed by atoms with Crippen molar-refractivity contribution in [2.24, 2.45) is 0 Å². The molecule has 0 aliphatic heterocycles. The number of nitrogens with one attached hydrogen (secondary N) is 2. The number of fused-ring (bicyclic) bond motifs is 4. The van der Waals surface area contributed by atoms with E-state index in [1.54, 1.807) is 33.4 Å². The molecule has 0 unspecified atom stereocenters. The zero-order chi connectivity index (χ0) is 57.6. The maximum atomic E-state index is 8.39. The number of hydrogen-bond acceptors (Lipinski definition) is 6. The smallest absolute Gasteiger partial charge is 0.0134 e. The van der Waals surface area contributed by atoms with Crippen molar-refractivity contribution < 1.29 is 25.6 Å². The Morgan fingerprint density at radius 2 is 0.831 bits per heavy atom. The van der Waals surface area contributed by atoms with Crippen LogP contribution < -0.4 is 36.5 Å². The molecule has 83 heavy (non-hydrogen) atoms. The molecule has 3 N–H and O–H groups in total. The van der Waals surface area contributed by atoms with E-state index in [0.29, 0.717) is 23.7 Å². The van der Waals surface area contributed by atoms with Gasteiger partial charge in [-0.1, -0.05) is 211 Å². The molecule has 0 aliphatic carbocycles. The van der Waals surface area contributed by atoms with E-state index >= 15 is 0 Å². The molecule has 8 aromatic carbocycles. The van der Waals surface area contributed by atoms with Crippen LogP contribution in [0.3, 0.4) is 0 Å². The van der Waals surface area contributed by atoms with Gasteiger partial charge in [0.05, 0.1) is 18.1 Å². The minimum atomic E-state index is -0.446. The zero-order valence-electron chi connectivity index (χ0n) is 43.8. The molecular weight excluding hydrogens is 1360 g/mol. The Bertz CT molecular complexity index is 3890. The first-order valence-corrected chi connectivity index (χ1v) is 34.0. The maximum absolute atomic E-state index is 8.39. The van der Waals surface area contributed by atoms with Crippen LogP contribution in [-0.4, -0.2) is 51.9 Å². The summed E-state index contributed by atoms with van der Waals surface area (Å²) in [6.07, 6.45) is 7.35. The third-order valence-electron chi connectivity index (χ3n) is 12.3. The van der Waals surface area contributed by atoms with Crippen LogP contribution in [0.4, 0.5) is 0 Å². The normalized spacial score (nSPS) is 10.6. The van der Waals surface area contributed by atoms with Gasteiger partial charge in [-0.3, -0.25) is 0 Å². The van der Waals surface area contributed by atoms with Gasteiger partial charge in [0.25, 0.3) is 0 Å². The maximum Gasteiger partial charge on any atom is -0.0134 e. The van der Waals surface area contributed by atoms with Gasteiger partial charge in [-0.2, -0.15) is 10.2 Å². The molecule has 0 amide bonds. The van der Waals surface area contributed by atoms with Gasteiger partial charge in [0, 0.05) is 39.8 Å². The van der Waals surface area contributed by atoms with Crippen molar-refractivity contribution in [3.63, 3.8) is 0 Å². The molecule has 415 valence electrons. The van der Waals surface area contributed by atoms with E-state index in [9.17, 15) is 0 Å². The predicted octanol–water partition coefficient (Wildman–Crippen LogP) is 14.9. The molecule has 1 radical (unpaired) electrons. The Hall–Kier alpha value is -6.68. The molecule has 0 spiro atoms. The fraction of sp³-hybridized carbons (Fsp3) is 0. The predicted molar refractivity (Wildman–Crippen MR) is 355 cm³/mol. The number of rotatable bonds is 9. The van der Waals surface area contributed by atoms with Gasteiger partial charge < -0.3 is 19.6 Å². The Morgan fingerprint density at radius 3 is 1.25 bits per heavy atom. The van der Waals surface area contributed by atoms with E-state index in [-0.39, 0.29) is 15.9 Å². The molecule has 14 rings (SSSR count). The van der Waals surface area contributed by atoms with E-state index in [4.69, 9.17) is 51.9 Å². The second-order valence-electron chi connectivity index (χ2n) is 17.5. The monoisotopic (exact) mass is 1410 g/mol. The average molecular weight is 1410 g/mol. The Morgan fingerprint density at radius 1 is 0.458 bits per heavy atom. The van der Waals surface area contributed by atoms with Gasteiger partial charge in [-0.05, 0) is 137 Å². The van der Waals surface area contributed by atoms with Crippen molar-refractivity contribution in [2.45, 2.75) is 0 Å². The van der Waals surface area contributed by atoms with E-state index in [2.05, 4.69) is 247 Å². The topological polar surface area (TPSA) is 121 Å².